The first-order chi connectivity index (χ1) is 8.52. The van der Waals surface area contributed by atoms with E-state index in [1.54, 1.807) is 12.4 Å². The Morgan fingerprint density at radius 1 is 0.944 bits per heavy atom. The highest BCUT2D eigenvalue weighted by Gasteiger charge is 2.06. The molecule has 2 rings (SSSR count). The van der Waals surface area contributed by atoms with Gasteiger partial charge in [0.2, 0.25) is 0 Å². The van der Waals surface area contributed by atoms with Gasteiger partial charge in [-0.15, -0.1) is 0 Å². The Balaban J connectivity index is 2.69. The van der Waals surface area contributed by atoms with E-state index in [9.17, 15) is 9.59 Å². The number of rotatable bonds is 2. The fourth-order valence-electron chi connectivity index (χ4n) is 2.05. The molecular formula is C14H16N2O2. The lowest BCUT2D eigenvalue weighted by Gasteiger charge is -2.09. The van der Waals surface area contributed by atoms with Gasteiger partial charge in [0.1, 0.15) is 0 Å². The lowest BCUT2D eigenvalue weighted by Crippen LogP contribution is -2.39. The average Bonchev–Trinajstić information content (AvgIpc) is 2.31. The van der Waals surface area contributed by atoms with Gasteiger partial charge in [-0.3, -0.25) is 14.2 Å². The number of benzene rings is 1. The summed E-state index contributed by atoms with van der Waals surface area (Å²) < 4.78 is 2.80. The molecule has 2 aromatic rings. The maximum absolute atomic E-state index is 12.0. The summed E-state index contributed by atoms with van der Waals surface area (Å²) in [5.41, 5.74) is 1.87. The SMILES string of the molecule is CCn1ccn(-c2cc(C)cc(C)c2)c(=O)c1=O. The number of hydrogen-bond acceptors (Lipinski definition) is 2. The van der Waals surface area contributed by atoms with Crippen LogP contribution in [0, 0.1) is 13.8 Å². The predicted molar refractivity (Wildman–Crippen MR) is 71.4 cm³/mol. The van der Waals surface area contributed by atoms with Crippen molar-refractivity contribution in [2.24, 2.45) is 0 Å². The lowest BCUT2D eigenvalue weighted by atomic mass is 10.1. The molecule has 1 aromatic heterocycles. The van der Waals surface area contributed by atoms with Gasteiger partial charge < -0.3 is 4.57 Å². The van der Waals surface area contributed by atoms with Crippen LogP contribution in [-0.4, -0.2) is 9.13 Å². The van der Waals surface area contributed by atoms with Crippen LogP contribution >= 0.6 is 0 Å². The summed E-state index contributed by atoms with van der Waals surface area (Å²) in [4.78, 5) is 23.8. The van der Waals surface area contributed by atoms with E-state index >= 15 is 0 Å². The fraction of sp³-hybridized carbons (Fsp3) is 0.286. The van der Waals surface area contributed by atoms with Gasteiger partial charge in [0.25, 0.3) is 0 Å². The van der Waals surface area contributed by atoms with Crippen molar-refractivity contribution in [3.05, 3.63) is 62.4 Å². The molecule has 0 fully saturated rings. The average molecular weight is 244 g/mol. The van der Waals surface area contributed by atoms with Crippen LogP contribution in [0.15, 0.2) is 40.2 Å². The van der Waals surface area contributed by atoms with Crippen molar-refractivity contribution in [2.75, 3.05) is 0 Å². The Hall–Kier alpha value is -2.10. The van der Waals surface area contributed by atoms with E-state index in [1.807, 2.05) is 39.0 Å². The van der Waals surface area contributed by atoms with E-state index in [0.29, 0.717) is 6.54 Å². The Morgan fingerprint density at radius 2 is 1.56 bits per heavy atom. The highest BCUT2D eigenvalue weighted by molar-refractivity contribution is 5.39. The van der Waals surface area contributed by atoms with Crippen molar-refractivity contribution in [3.8, 4) is 5.69 Å². The highest BCUT2D eigenvalue weighted by atomic mass is 16.2. The maximum Gasteiger partial charge on any atom is 0.320 e. The molecule has 0 N–H and O–H groups in total. The summed E-state index contributed by atoms with van der Waals surface area (Å²) in [5.74, 6) is 0. The molecule has 0 spiro atoms. The van der Waals surface area contributed by atoms with Crippen molar-refractivity contribution < 1.29 is 0 Å². The summed E-state index contributed by atoms with van der Waals surface area (Å²) in [6.45, 7) is 6.27. The van der Waals surface area contributed by atoms with Gasteiger partial charge in [-0.2, -0.15) is 0 Å². The molecule has 0 saturated carbocycles. The Morgan fingerprint density at radius 3 is 2.11 bits per heavy atom. The topological polar surface area (TPSA) is 44.0 Å². The Bertz CT molecular complexity index is 675. The first-order valence-corrected chi connectivity index (χ1v) is 5.93. The number of hydrogen-bond donors (Lipinski definition) is 0. The number of aromatic nitrogens is 2. The minimum Gasteiger partial charge on any atom is -0.310 e. The van der Waals surface area contributed by atoms with Gasteiger partial charge >= 0.3 is 11.1 Å². The van der Waals surface area contributed by atoms with Gasteiger partial charge in [-0.05, 0) is 44.0 Å². The predicted octanol–water partition coefficient (Wildman–Crippen LogP) is 1.64. The zero-order chi connectivity index (χ0) is 13.3. The minimum atomic E-state index is -0.510. The van der Waals surface area contributed by atoms with Crippen molar-refractivity contribution in [2.45, 2.75) is 27.3 Å². The van der Waals surface area contributed by atoms with Crippen molar-refractivity contribution in [1.29, 1.82) is 0 Å². The second-order valence-electron chi connectivity index (χ2n) is 4.41. The second kappa shape index (κ2) is 4.64. The summed E-state index contributed by atoms with van der Waals surface area (Å²) in [6, 6.07) is 5.82. The van der Waals surface area contributed by atoms with Crippen molar-refractivity contribution >= 4 is 0 Å². The highest BCUT2D eigenvalue weighted by Crippen LogP contribution is 2.11. The largest absolute Gasteiger partial charge is 0.320 e. The molecule has 0 atom stereocenters. The fourth-order valence-corrected chi connectivity index (χ4v) is 2.05. The van der Waals surface area contributed by atoms with Gasteiger partial charge in [-0.25, -0.2) is 0 Å². The zero-order valence-electron chi connectivity index (χ0n) is 10.8. The molecule has 0 saturated heterocycles. The van der Waals surface area contributed by atoms with Crippen LogP contribution in [0.4, 0.5) is 0 Å². The van der Waals surface area contributed by atoms with E-state index in [1.165, 1.54) is 9.13 Å². The molecule has 0 amide bonds. The van der Waals surface area contributed by atoms with Crippen LogP contribution < -0.4 is 11.1 Å². The summed E-state index contributed by atoms with van der Waals surface area (Å²) in [7, 11) is 0. The molecule has 1 aromatic carbocycles. The molecule has 4 nitrogen and oxygen atoms in total. The van der Waals surface area contributed by atoms with Gasteiger partial charge in [0.15, 0.2) is 0 Å². The standard InChI is InChI=1S/C14H16N2O2/c1-4-15-5-6-16(14(18)13(15)17)12-8-10(2)7-11(3)9-12/h5-9H,4H2,1-3H3. The summed E-state index contributed by atoms with van der Waals surface area (Å²) >= 11 is 0. The molecule has 0 aliphatic carbocycles. The third kappa shape index (κ3) is 2.14. The van der Waals surface area contributed by atoms with Crippen LogP contribution in [0.3, 0.4) is 0 Å². The van der Waals surface area contributed by atoms with Crippen LogP contribution in [-0.2, 0) is 6.54 Å². The van der Waals surface area contributed by atoms with E-state index in [2.05, 4.69) is 0 Å². The van der Waals surface area contributed by atoms with Crippen LogP contribution in [0.5, 0.6) is 0 Å². The monoisotopic (exact) mass is 244 g/mol. The van der Waals surface area contributed by atoms with Crippen LogP contribution in [0.25, 0.3) is 5.69 Å². The van der Waals surface area contributed by atoms with Crippen LogP contribution in [0.2, 0.25) is 0 Å². The zero-order valence-corrected chi connectivity index (χ0v) is 10.8. The molecule has 1 heterocycles. The number of aryl methyl sites for hydroxylation is 3. The quantitative estimate of drug-likeness (QED) is 0.754. The van der Waals surface area contributed by atoms with Gasteiger partial charge in [-0.1, -0.05) is 6.07 Å². The molecular weight excluding hydrogens is 228 g/mol. The minimum absolute atomic E-state index is 0.487. The first kappa shape index (κ1) is 12.4. The summed E-state index contributed by atoms with van der Waals surface area (Å²) in [6.07, 6.45) is 3.28. The third-order valence-corrected chi connectivity index (χ3v) is 2.88. The second-order valence-corrected chi connectivity index (χ2v) is 4.41. The van der Waals surface area contributed by atoms with E-state index in [4.69, 9.17) is 0 Å². The lowest BCUT2D eigenvalue weighted by molar-refractivity contribution is 0.692. The summed E-state index contributed by atoms with van der Waals surface area (Å²) in [5, 5.41) is 0. The van der Waals surface area contributed by atoms with Crippen molar-refractivity contribution in [3.63, 3.8) is 0 Å². The van der Waals surface area contributed by atoms with E-state index in [-0.39, 0.29) is 0 Å². The normalized spacial score (nSPS) is 10.6. The molecule has 18 heavy (non-hydrogen) atoms. The third-order valence-electron chi connectivity index (χ3n) is 2.88. The molecule has 0 radical (unpaired) electrons. The molecule has 0 aliphatic rings. The molecule has 0 unspecified atom stereocenters. The number of nitrogens with zero attached hydrogens (tertiary/aromatic N) is 2. The first-order valence-electron chi connectivity index (χ1n) is 5.93. The van der Waals surface area contributed by atoms with Crippen molar-refractivity contribution in [1.82, 2.24) is 9.13 Å². The van der Waals surface area contributed by atoms with Crippen LogP contribution in [0.1, 0.15) is 18.1 Å². The Kier molecular flexibility index (Phi) is 3.19. The van der Waals surface area contributed by atoms with Gasteiger partial charge in [0.05, 0.1) is 0 Å². The smallest absolute Gasteiger partial charge is 0.310 e. The molecule has 0 aliphatic heterocycles. The van der Waals surface area contributed by atoms with E-state index in [0.717, 1.165) is 16.8 Å². The molecule has 94 valence electrons. The maximum atomic E-state index is 12.0. The Labute approximate surface area is 105 Å². The van der Waals surface area contributed by atoms with E-state index < -0.39 is 11.1 Å². The van der Waals surface area contributed by atoms with Gasteiger partial charge in [0, 0.05) is 24.6 Å². The molecule has 4 heteroatoms. The molecule has 0 bridgehead atoms.